The monoisotopic (exact) mass is 590 g/mol. The zero-order valence-electron chi connectivity index (χ0n) is 24.7. The summed E-state index contributed by atoms with van der Waals surface area (Å²) in [7, 11) is 0. The second-order valence-corrected chi connectivity index (χ2v) is 11.3. The molecule has 0 saturated heterocycles. The fourth-order valence-corrected chi connectivity index (χ4v) is 6.20. The van der Waals surface area contributed by atoms with Gasteiger partial charge in [-0.3, -0.25) is 4.57 Å². The first kappa shape index (κ1) is 26.0. The highest BCUT2D eigenvalue weighted by molar-refractivity contribution is 6.10. The molecule has 9 rings (SSSR count). The smallest absolute Gasteiger partial charge is 0.238 e. The minimum Gasteiger partial charge on any atom is -0.306 e. The number of benzene rings is 5. The van der Waals surface area contributed by atoms with Crippen molar-refractivity contribution in [2.24, 2.45) is 0 Å². The van der Waals surface area contributed by atoms with E-state index in [2.05, 4.69) is 102 Å². The van der Waals surface area contributed by atoms with Crippen LogP contribution in [0.2, 0.25) is 0 Å². The summed E-state index contributed by atoms with van der Waals surface area (Å²) >= 11 is 0. The predicted octanol–water partition coefficient (Wildman–Crippen LogP) is 9.28. The van der Waals surface area contributed by atoms with Gasteiger partial charge in [0.15, 0.2) is 11.6 Å². The second-order valence-electron chi connectivity index (χ2n) is 11.3. The molecule has 0 N–H and O–H groups in total. The molecule has 6 nitrogen and oxygen atoms in total. The lowest BCUT2D eigenvalue weighted by Gasteiger charge is -2.12. The van der Waals surface area contributed by atoms with E-state index in [0.717, 1.165) is 61.0 Å². The Labute approximate surface area is 264 Å². The second kappa shape index (κ2) is 10.6. The summed E-state index contributed by atoms with van der Waals surface area (Å²) in [4.78, 5) is 20.2. The van der Waals surface area contributed by atoms with E-state index in [9.17, 15) is 0 Å². The molecule has 0 atom stereocenters. The molecule has 46 heavy (non-hydrogen) atoms. The molecule has 6 heteroatoms. The van der Waals surface area contributed by atoms with Gasteiger partial charge >= 0.3 is 0 Å². The fraction of sp³-hybridized carbons (Fsp3) is 0. The van der Waals surface area contributed by atoms with Gasteiger partial charge < -0.3 is 4.40 Å². The van der Waals surface area contributed by atoms with Crippen LogP contribution in [0.25, 0.3) is 78.6 Å². The van der Waals surface area contributed by atoms with Crippen molar-refractivity contribution in [3.63, 3.8) is 0 Å². The molecular formula is C40H26N6. The van der Waals surface area contributed by atoms with Gasteiger partial charge in [-0.05, 0) is 41.5 Å². The van der Waals surface area contributed by atoms with E-state index < -0.39 is 0 Å². The summed E-state index contributed by atoms with van der Waals surface area (Å²) < 4.78 is 4.20. The lowest BCUT2D eigenvalue weighted by Crippen LogP contribution is -2.06. The van der Waals surface area contributed by atoms with Crippen LogP contribution in [-0.4, -0.2) is 28.9 Å². The van der Waals surface area contributed by atoms with Crippen molar-refractivity contribution >= 4 is 27.5 Å². The third kappa shape index (κ3) is 4.43. The quantitative estimate of drug-likeness (QED) is 0.200. The van der Waals surface area contributed by atoms with Crippen molar-refractivity contribution < 1.29 is 0 Å². The fourth-order valence-electron chi connectivity index (χ4n) is 6.20. The van der Waals surface area contributed by atoms with E-state index in [1.165, 1.54) is 0 Å². The maximum atomic E-state index is 5.16. The maximum absolute atomic E-state index is 5.16. The molecule has 0 bridgehead atoms. The molecule has 0 radical (unpaired) electrons. The molecule has 0 amide bonds. The van der Waals surface area contributed by atoms with Crippen molar-refractivity contribution in [1.82, 2.24) is 28.9 Å². The number of para-hydroxylation sites is 1. The van der Waals surface area contributed by atoms with Crippen molar-refractivity contribution in [3.8, 4) is 51.1 Å². The van der Waals surface area contributed by atoms with Crippen LogP contribution >= 0.6 is 0 Å². The zero-order chi connectivity index (χ0) is 30.5. The number of hydrogen-bond donors (Lipinski definition) is 0. The Balaban J connectivity index is 1.29. The minimum absolute atomic E-state index is 0.562. The number of hydrogen-bond acceptors (Lipinski definition) is 4. The highest BCUT2D eigenvalue weighted by atomic mass is 15.2. The van der Waals surface area contributed by atoms with Gasteiger partial charge in [0, 0.05) is 39.9 Å². The SMILES string of the molecule is c1ccc(-c2cccc(-c3nc(-c4ccccc4)nc(-n4c5ccccc5c5ccc(-c6cn7ccccc7n6)cc54)n3)c2)cc1. The number of pyridine rings is 1. The van der Waals surface area contributed by atoms with Crippen LogP contribution in [0.3, 0.4) is 0 Å². The van der Waals surface area contributed by atoms with Crippen LogP contribution in [0.5, 0.6) is 0 Å². The Morgan fingerprint density at radius 3 is 1.91 bits per heavy atom. The van der Waals surface area contributed by atoms with Crippen molar-refractivity contribution in [2.45, 2.75) is 0 Å². The van der Waals surface area contributed by atoms with E-state index in [1.54, 1.807) is 0 Å². The highest BCUT2D eigenvalue weighted by Gasteiger charge is 2.19. The average molecular weight is 591 g/mol. The summed E-state index contributed by atoms with van der Waals surface area (Å²) in [5, 5.41) is 2.26. The van der Waals surface area contributed by atoms with Crippen molar-refractivity contribution in [1.29, 1.82) is 0 Å². The lowest BCUT2D eigenvalue weighted by molar-refractivity contribution is 0.953. The highest BCUT2D eigenvalue weighted by Crippen LogP contribution is 2.35. The molecule has 0 saturated carbocycles. The Hall–Kier alpha value is -6.40. The van der Waals surface area contributed by atoms with Gasteiger partial charge in [-0.15, -0.1) is 0 Å². The molecule has 9 aromatic rings. The van der Waals surface area contributed by atoms with Crippen LogP contribution < -0.4 is 0 Å². The van der Waals surface area contributed by atoms with Crippen LogP contribution in [-0.2, 0) is 0 Å². The Morgan fingerprint density at radius 1 is 0.413 bits per heavy atom. The summed E-state index contributed by atoms with van der Waals surface area (Å²) in [5.41, 5.74) is 8.97. The largest absolute Gasteiger partial charge is 0.306 e. The molecule has 0 fully saturated rings. The number of aromatic nitrogens is 6. The van der Waals surface area contributed by atoms with Gasteiger partial charge in [0.1, 0.15) is 5.65 Å². The van der Waals surface area contributed by atoms with Gasteiger partial charge in [-0.2, -0.15) is 9.97 Å². The van der Waals surface area contributed by atoms with Crippen LogP contribution in [0.4, 0.5) is 0 Å². The maximum Gasteiger partial charge on any atom is 0.238 e. The summed E-state index contributed by atoms with van der Waals surface area (Å²) in [5.74, 6) is 1.80. The van der Waals surface area contributed by atoms with Crippen molar-refractivity contribution in [3.05, 3.63) is 158 Å². The molecule has 0 unspecified atom stereocenters. The molecule has 0 spiro atoms. The topological polar surface area (TPSA) is 60.9 Å². The number of rotatable bonds is 5. The first-order valence-electron chi connectivity index (χ1n) is 15.2. The summed E-state index contributed by atoms with van der Waals surface area (Å²) in [6, 6.07) is 49.8. The molecule has 5 aromatic carbocycles. The summed E-state index contributed by atoms with van der Waals surface area (Å²) in [6.45, 7) is 0. The van der Waals surface area contributed by atoms with Gasteiger partial charge in [-0.1, -0.05) is 115 Å². The average Bonchev–Trinajstić information content (AvgIpc) is 3.72. The van der Waals surface area contributed by atoms with E-state index in [4.69, 9.17) is 19.9 Å². The summed E-state index contributed by atoms with van der Waals surface area (Å²) in [6.07, 6.45) is 4.09. The zero-order valence-corrected chi connectivity index (χ0v) is 24.7. The number of nitrogens with zero attached hydrogens (tertiary/aromatic N) is 6. The van der Waals surface area contributed by atoms with E-state index in [0.29, 0.717) is 17.6 Å². The van der Waals surface area contributed by atoms with Crippen LogP contribution in [0.1, 0.15) is 0 Å². The van der Waals surface area contributed by atoms with Gasteiger partial charge in [0.05, 0.1) is 16.7 Å². The predicted molar refractivity (Wildman–Crippen MR) is 185 cm³/mol. The first-order valence-corrected chi connectivity index (χ1v) is 15.2. The van der Waals surface area contributed by atoms with Gasteiger partial charge in [0.2, 0.25) is 5.95 Å². The van der Waals surface area contributed by atoms with Gasteiger partial charge in [-0.25, -0.2) is 9.97 Å². The Bertz CT molecular complexity index is 2500. The van der Waals surface area contributed by atoms with E-state index in [1.807, 2.05) is 65.2 Å². The Kier molecular flexibility index (Phi) is 6.03. The molecule has 4 aromatic heterocycles. The molecular weight excluding hydrogens is 564 g/mol. The van der Waals surface area contributed by atoms with E-state index in [-0.39, 0.29) is 0 Å². The third-order valence-electron chi connectivity index (χ3n) is 8.42. The normalized spacial score (nSPS) is 11.5. The first-order chi connectivity index (χ1) is 22.8. The third-order valence-corrected chi connectivity index (χ3v) is 8.42. The van der Waals surface area contributed by atoms with Gasteiger partial charge in [0.25, 0.3) is 0 Å². The molecule has 4 heterocycles. The van der Waals surface area contributed by atoms with E-state index >= 15 is 0 Å². The lowest BCUT2D eigenvalue weighted by atomic mass is 10.0. The van der Waals surface area contributed by atoms with Crippen molar-refractivity contribution in [2.75, 3.05) is 0 Å². The molecule has 0 aliphatic heterocycles. The Morgan fingerprint density at radius 2 is 1.09 bits per heavy atom. The van der Waals surface area contributed by atoms with Crippen LogP contribution in [0, 0.1) is 0 Å². The standard InChI is InChI=1S/C40H26N6/c1-3-12-27(13-4-1)29-16-11-17-31(24-29)39-42-38(28-14-5-2-6-15-28)43-40(44-39)46-35-19-8-7-18-32(35)33-22-21-30(25-36(33)46)34-26-45-23-10-9-20-37(45)41-34/h1-26H. The molecule has 216 valence electrons. The van der Waals surface area contributed by atoms with Crippen LogP contribution in [0.15, 0.2) is 158 Å². The minimum atomic E-state index is 0.562. The molecule has 0 aliphatic rings. The molecule has 0 aliphatic carbocycles. The number of imidazole rings is 1. The number of fused-ring (bicyclic) bond motifs is 4.